The Bertz CT molecular complexity index is 157. The van der Waals surface area contributed by atoms with Crippen LogP contribution in [0.2, 0.25) is 0 Å². The van der Waals surface area contributed by atoms with Gasteiger partial charge in [0, 0.05) is 0 Å². The fourth-order valence-electron chi connectivity index (χ4n) is 0.511. The van der Waals surface area contributed by atoms with Crippen molar-refractivity contribution in [2.45, 2.75) is 19.3 Å². The first-order chi connectivity index (χ1) is 5.22. The average Bonchev–Trinajstić information content (AvgIpc) is 2.03. The van der Waals surface area contributed by atoms with Gasteiger partial charge in [0.25, 0.3) is 0 Å². The Labute approximate surface area is 116 Å². The maximum atomic E-state index is 10.1. The first-order valence-electron chi connectivity index (χ1n) is 3.28. The molecule has 0 saturated carbocycles. The Balaban J connectivity index is 0. The van der Waals surface area contributed by atoms with Crippen molar-refractivity contribution in [2.75, 3.05) is 0 Å². The predicted octanol–water partition coefficient (Wildman–Crippen LogP) is 3.30. The van der Waals surface area contributed by atoms with E-state index in [1.807, 2.05) is 6.42 Å². The maximum Gasteiger partial charge on any atom is 3.00 e. The second kappa shape index (κ2) is 10.4. The third kappa shape index (κ3) is 7.97. The van der Waals surface area contributed by atoms with E-state index in [0.29, 0.717) is 4.48 Å². The van der Waals surface area contributed by atoms with Crippen molar-refractivity contribution in [1.82, 2.24) is 0 Å². The molecule has 0 aromatic carbocycles. The van der Waals surface area contributed by atoms with Gasteiger partial charge in [-0.15, -0.1) is 6.42 Å². The van der Waals surface area contributed by atoms with Gasteiger partial charge in [0.2, 0.25) is 0 Å². The number of halogens is 2. The van der Waals surface area contributed by atoms with Crippen LogP contribution in [0.3, 0.4) is 0 Å². The Kier molecular flexibility index (Phi) is 13.7. The van der Waals surface area contributed by atoms with Crippen LogP contribution in [-0.4, -0.2) is 6.29 Å². The van der Waals surface area contributed by atoms with E-state index >= 15 is 0 Å². The van der Waals surface area contributed by atoms with E-state index in [1.165, 1.54) is 0 Å². The summed E-state index contributed by atoms with van der Waals surface area (Å²) >= 11 is 6.28. The van der Waals surface area contributed by atoms with E-state index in [9.17, 15) is 4.79 Å². The molecule has 0 amide bonds. The molecule has 0 aliphatic heterocycles. The van der Waals surface area contributed by atoms with Gasteiger partial charge in [0.15, 0.2) is 0 Å². The van der Waals surface area contributed by atoms with Gasteiger partial charge in [-0.05, 0) is 0 Å². The zero-order valence-corrected chi connectivity index (χ0v) is 12.7. The molecule has 64 valence electrons. The van der Waals surface area contributed by atoms with E-state index < -0.39 is 0 Å². The first kappa shape index (κ1) is 15.8. The molecule has 0 heterocycles. The summed E-state index contributed by atoms with van der Waals surface area (Å²) < 4.78 is 1.20. The van der Waals surface area contributed by atoms with E-state index in [2.05, 4.69) is 38.8 Å². The smallest absolute Gasteiger partial charge is 0.439 e. The number of allylic oxidation sites excluding steroid dienone is 2. The van der Waals surface area contributed by atoms with Gasteiger partial charge in [0.05, 0.1) is 0 Å². The van der Waals surface area contributed by atoms with Crippen molar-refractivity contribution in [3.05, 3.63) is 22.3 Å². The summed E-state index contributed by atoms with van der Waals surface area (Å²) in [5, 5.41) is 0. The molecule has 12 heavy (non-hydrogen) atoms. The van der Waals surface area contributed by atoms with Crippen molar-refractivity contribution in [1.29, 1.82) is 0 Å². The molecule has 0 spiro atoms. The van der Waals surface area contributed by atoms with Crippen LogP contribution in [0.25, 0.3) is 0 Å². The van der Waals surface area contributed by atoms with E-state index in [-0.39, 0.29) is 32.7 Å². The average molecular weight is 370 g/mol. The van der Waals surface area contributed by atoms with Crippen LogP contribution in [0.15, 0.2) is 8.96 Å². The van der Waals surface area contributed by atoms with Crippen LogP contribution in [0.5, 0.6) is 0 Å². The molecule has 0 rings (SSSR count). The van der Waals surface area contributed by atoms with Crippen LogP contribution in [0, 0.1) is 13.3 Å². The van der Waals surface area contributed by atoms with Gasteiger partial charge in [-0.1, -0.05) is 12.7 Å². The summed E-state index contributed by atoms with van der Waals surface area (Å²) in [4.78, 5) is 10.1. The molecule has 0 radical (unpaired) electrons. The summed E-state index contributed by atoms with van der Waals surface area (Å²) in [7, 11) is 0. The number of rotatable bonds is 5. The van der Waals surface area contributed by atoms with Gasteiger partial charge in [0.1, 0.15) is 0 Å². The summed E-state index contributed by atoms with van der Waals surface area (Å²) in [5.74, 6) is 0. The minimum absolute atomic E-state index is 0. The minimum Gasteiger partial charge on any atom is -0.439 e. The van der Waals surface area contributed by atoms with Gasteiger partial charge in [-0.2, -0.15) is 6.42 Å². The summed E-state index contributed by atoms with van der Waals surface area (Å²) in [6.07, 6.45) is 6.56. The van der Waals surface area contributed by atoms with E-state index in [4.69, 9.17) is 0 Å². The van der Waals surface area contributed by atoms with E-state index in [0.717, 1.165) is 23.7 Å². The number of carbonyl (C=O) groups excluding carboxylic acids is 1. The van der Waals surface area contributed by atoms with Gasteiger partial charge >= 0.3 is 32.7 Å². The maximum absolute atomic E-state index is 10.1. The normalized spacial score (nSPS) is 11.2. The van der Waals surface area contributed by atoms with Crippen molar-refractivity contribution in [3.63, 3.8) is 0 Å². The SMILES string of the molecule is [CH2-]CCC[CH-]/C(Br)=C(/Br)[C-]=O.[Y+3]. The second-order valence-corrected chi connectivity index (χ2v) is 3.61. The fourth-order valence-corrected chi connectivity index (χ4v) is 0.983. The van der Waals surface area contributed by atoms with Crippen LogP contribution in [-0.2, 0) is 37.5 Å². The number of hydrogen-bond acceptors (Lipinski definition) is 1. The van der Waals surface area contributed by atoms with Crippen LogP contribution in [0.4, 0.5) is 0 Å². The van der Waals surface area contributed by atoms with Gasteiger partial charge in [-0.25, -0.2) is 31.9 Å². The van der Waals surface area contributed by atoms with Gasteiger partial charge < -0.3 is 11.7 Å². The number of unbranched alkanes of at least 4 members (excludes halogenated alkanes) is 2. The zero-order chi connectivity index (χ0) is 8.69. The molecular formula is C8H9Br2OY. The quantitative estimate of drug-likeness (QED) is 0.413. The Morgan fingerprint density at radius 1 is 1.50 bits per heavy atom. The Morgan fingerprint density at radius 2 is 2.08 bits per heavy atom. The van der Waals surface area contributed by atoms with E-state index in [1.54, 1.807) is 6.29 Å². The topological polar surface area (TPSA) is 17.1 Å². The molecule has 4 heteroatoms. The fraction of sp³-hybridized carbons (Fsp3) is 0.375. The van der Waals surface area contributed by atoms with Crippen molar-refractivity contribution >= 4 is 38.1 Å². The third-order valence-corrected chi connectivity index (χ3v) is 2.92. The predicted molar refractivity (Wildman–Crippen MR) is 54.1 cm³/mol. The molecule has 0 aliphatic carbocycles. The van der Waals surface area contributed by atoms with Crippen molar-refractivity contribution < 1.29 is 37.5 Å². The summed E-state index contributed by atoms with van der Waals surface area (Å²) in [5.41, 5.74) is 0. The molecule has 0 aliphatic rings. The molecule has 0 atom stereocenters. The summed E-state index contributed by atoms with van der Waals surface area (Å²) in [6, 6.07) is 0. The Hall–Kier alpha value is 1.34. The van der Waals surface area contributed by atoms with Crippen LogP contribution >= 0.6 is 31.9 Å². The third-order valence-electron chi connectivity index (χ3n) is 1.08. The molecule has 0 aromatic heterocycles. The van der Waals surface area contributed by atoms with Crippen molar-refractivity contribution in [3.8, 4) is 0 Å². The molecular weight excluding hydrogens is 361 g/mol. The van der Waals surface area contributed by atoms with Crippen molar-refractivity contribution in [2.24, 2.45) is 0 Å². The van der Waals surface area contributed by atoms with Crippen LogP contribution < -0.4 is 0 Å². The standard InChI is InChI=1S/C8H9Br2O.Y/c1-2-3-4-5-7(9)8(10)6-11;/h5H,1-4H2;/q-3;+3/b8-7-;. The second-order valence-electron chi connectivity index (χ2n) is 1.96. The van der Waals surface area contributed by atoms with Gasteiger partial charge in [-0.3, -0.25) is 15.4 Å². The zero-order valence-electron chi connectivity index (χ0n) is 6.65. The molecule has 0 fully saturated rings. The molecule has 0 saturated heterocycles. The number of hydrogen-bond donors (Lipinski definition) is 0. The first-order valence-corrected chi connectivity index (χ1v) is 4.87. The molecule has 0 N–H and O–H groups in total. The molecule has 0 bridgehead atoms. The minimum atomic E-state index is 0. The monoisotopic (exact) mass is 368 g/mol. The Morgan fingerprint density at radius 3 is 2.50 bits per heavy atom. The molecule has 0 unspecified atom stereocenters. The molecule has 0 aromatic rings. The summed E-state index contributed by atoms with van der Waals surface area (Å²) in [6.45, 7) is 3.71. The van der Waals surface area contributed by atoms with Crippen LogP contribution in [0.1, 0.15) is 19.3 Å². The largest absolute Gasteiger partial charge is 3.00 e. The molecule has 1 nitrogen and oxygen atoms in total.